The van der Waals surface area contributed by atoms with E-state index in [0.717, 1.165) is 35.6 Å². The van der Waals surface area contributed by atoms with Gasteiger partial charge in [-0.15, -0.1) is 0 Å². The van der Waals surface area contributed by atoms with Crippen LogP contribution in [-0.4, -0.2) is 41.1 Å². The number of anilines is 2. The van der Waals surface area contributed by atoms with Crippen LogP contribution < -0.4 is 10.1 Å². The van der Waals surface area contributed by atoms with Gasteiger partial charge in [0.05, 0.1) is 26.8 Å². The second-order valence-electron chi connectivity index (χ2n) is 11.2. The largest absolute Gasteiger partial charge is 0.514 e. The fraction of sp³-hybridized carbons (Fsp3) is 0.429. The summed E-state index contributed by atoms with van der Waals surface area (Å²) in [6.45, 7) is 6.22. The Morgan fingerprint density at radius 2 is 1.77 bits per heavy atom. The molecule has 2 aromatic carbocycles. The fourth-order valence-electron chi connectivity index (χ4n) is 5.23. The molecule has 1 aromatic heterocycles. The van der Waals surface area contributed by atoms with Crippen molar-refractivity contribution in [1.82, 2.24) is 9.78 Å². The van der Waals surface area contributed by atoms with Gasteiger partial charge in [-0.2, -0.15) is 5.10 Å². The van der Waals surface area contributed by atoms with Gasteiger partial charge in [-0.3, -0.25) is 10.1 Å². The zero-order valence-electron chi connectivity index (χ0n) is 22.6. The molecule has 3 aromatic rings. The minimum Gasteiger partial charge on any atom is -0.431 e. The van der Waals surface area contributed by atoms with Gasteiger partial charge >= 0.3 is 6.16 Å². The molecule has 40 heavy (non-hydrogen) atoms. The predicted octanol–water partition coefficient (Wildman–Crippen LogP) is 5.86. The Balaban J connectivity index is 1.22. The summed E-state index contributed by atoms with van der Waals surface area (Å²) in [5, 5.41) is 19.2. The molecule has 0 spiro atoms. The molecule has 0 bridgehead atoms. The van der Waals surface area contributed by atoms with Crippen molar-refractivity contribution < 1.29 is 27.6 Å². The van der Waals surface area contributed by atoms with Crippen molar-refractivity contribution in [3.8, 4) is 5.75 Å². The minimum atomic E-state index is -3.18. The Morgan fingerprint density at radius 1 is 1.07 bits per heavy atom. The number of non-ortho nitro benzene ring substituents is 1. The summed E-state index contributed by atoms with van der Waals surface area (Å²) in [7, 11) is -3.18. The molecule has 0 atom stereocenters. The monoisotopic (exact) mass is 568 g/mol. The average Bonchev–Trinajstić information content (AvgIpc) is 3.45. The number of aryl methyl sites for hydroxylation is 1. The number of benzene rings is 2. The van der Waals surface area contributed by atoms with E-state index in [1.54, 1.807) is 12.1 Å². The Bertz CT molecular complexity index is 1530. The van der Waals surface area contributed by atoms with Crippen LogP contribution in [0.2, 0.25) is 0 Å². The van der Waals surface area contributed by atoms with Crippen LogP contribution in [0.25, 0.3) is 0 Å². The third-order valence-corrected chi connectivity index (χ3v) is 9.09. The smallest absolute Gasteiger partial charge is 0.431 e. The number of nitrogens with zero attached hydrogens (tertiary/aromatic N) is 3. The van der Waals surface area contributed by atoms with Crippen molar-refractivity contribution in [3.05, 3.63) is 69.9 Å². The van der Waals surface area contributed by atoms with Gasteiger partial charge in [0, 0.05) is 29.8 Å². The first-order valence-electron chi connectivity index (χ1n) is 13.2. The quantitative estimate of drug-likeness (QED) is 0.167. The molecule has 0 amide bonds. The van der Waals surface area contributed by atoms with Crippen molar-refractivity contribution in [2.24, 2.45) is 0 Å². The van der Waals surface area contributed by atoms with Crippen LogP contribution in [0.4, 0.5) is 22.0 Å². The van der Waals surface area contributed by atoms with Crippen molar-refractivity contribution in [1.29, 1.82) is 0 Å². The molecule has 1 aliphatic carbocycles. The lowest BCUT2D eigenvalue weighted by molar-refractivity contribution is -0.384. The predicted molar refractivity (Wildman–Crippen MR) is 148 cm³/mol. The first kappa shape index (κ1) is 27.6. The number of nitro groups is 1. The molecule has 2 aliphatic rings. The molecular formula is C28H32N4O7S. The summed E-state index contributed by atoms with van der Waals surface area (Å²) in [6.07, 6.45) is 2.28. The molecule has 1 N–H and O–H groups in total. The minimum absolute atomic E-state index is 0.0889. The lowest BCUT2D eigenvalue weighted by Crippen LogP contribution is -2.26. The van der Waals surface area contributed by atoms with Crippen LogP contribution in [0.15, 0.2) is 53.4 Å². The van der Waals surface area contributed by atoms with Gasteiger partial charge in [0.15, 0.2) is 9.84 Å². The number of sulfone groups is 1. The SMILES string of the molecule is CC(C)(C)n1nc(C2CCC(OC(=O)Oc3ccc([N+](=O)[O-])cc3)CC2)cc1Nc1ccc2c(c1)CCS2(=O)=O. The topological polar surface area (TPSA) is 143 Å². The van der Waals surface area contributed by atoms with Gasteiger partial charge in [-0.1, -0.05) is 0 Å². The number of ether oxygens (including phenoxy) is 2. The number of carbonyl (C=O) groups is 1. The van der Waals surface area contributed by atoms with E-state index in [0.29, 0.717) is 24.2 Å². The van der Waals surface area contributed by atoms with Crippen LogP contribution in [-0.2, 0) is 26.5 Å². The second-order valence-corrected chi connectivity index (χ2v) is 13.3. The first-order valence-corrected chi connectivity index (χ1v) is 14.9. The number of aromatic nitrogens is 2. The summed E-state index contributed by atoms with van der Waals surface area (Å²) in [6, 6.07) is 12.7. The van der Waals surface area contributed by atoms with Crippen LogP contribution in [0.3, 0.4) is 0 Å². The van der Waals surface area contributed by atoms with Gasteiger partial charge in [0.2, 0.25) is 0 Å². The molecular weight excluding hydrogens is 536 g/mol. The molecule has 1 fully saturated rings. The number of hydrogen-bond acceptors (Lipinski definition) is 9. The summed E-state index contributed by atoms with van der Waals surface area (Å²) < 4.78 is 37.0. The highest BCUT2D eigenvalue weighted by Gasteiger charge is 2.30. The van der Waals surface area contributed by atoms with Crippen LogP contribution in [0, 0.1) is 10.1 Å². The van der Waals surface area contributed by atoms with E-state index in [2.05, 4.69) is 26.1 Å². The summed E-state index contributed by atoms with van der Waals surface area (Å²) in [5.41, 5.74) is 2.22. The van der Waals surface area contributed by atoms with E-state index in [9.17, 15) is 23.3 Å². The average molecular weight is 569 g/mol. The van der Waals surface area contributed by atoms with Gasteiger partial charge in [-0.25, -0.2) is 17.9 Å². The van der Waals surface area contributed by atoms with E-state index >= 15 is 0 Å². The van der Waals surface area contributed by atoms with Gasteiger partial charge in [0.1, 0.15) is 17.7 Å². The van der Waals surface area contributed by atoms with E-state index in [1.807, 2.05) is 16.8 Å². The molecule has 1 aliphatic heterocycles. The third-order valence-electron chi connectivity index (χ3n) is 7.28. The highest BCUT2D eigenvalue weighted by molar-refractivity contribution is 7.91. The lowest BCUT2D eigenvalue weighted by atomic mass is 9.85. The first-order chi connectivity index (χ1) is 18.9. The van der Waals surface area contributed by atoms with E-state index < -0.39 is 20.9 Å². The molecule has 1 saturated carbocycles. The summed E-state index contributed by atoms with van der Waals surface area (Å²) >= 11 is 0. The number of hydrogen-bond donors (Lipinski definition) is 1. The maximum atomic E-state index is 12.3. The van der Waals surface area contributed by atoms with Crippen molar-refractivity contribution in [2.45, 2.75) is 75.3 Å². The fourth-order valence-corrected chi connectivity index (χ4v) is 6.77. The molecule has 0 unspecified atom stereocenters. The number of rotatable bonds is 6. The summed E-state index contributed by atoms with van der Waals surface area (Å²) in [4.78, 5) is 22.9. The number of nitrogens with one attached hydrogen (secondary N) is 1. The maximum absolute atomic E-state index is 12.3. The van der Waals surface area contributed by atoms with Crippen molar-refractivity contribution in [3.63, 3.8) is 0 Å². The Kier molecular flexibility index (Phi) is 7.30. The number of carbonyl (C=O) groups excluding carboxylic acids is 1. The van der Waals surface area contributed by atoms with Crippen molar-refractivity contribution in [2.75, 3.05) is 11.1 Å². The Hall–Kier alpha value is -3.93. The highest BCUT2D eigenvalue weighted by atomic mass is 32.2. The molecule has 2 heterocycles. The van der Waals surface area contributed by atoms with Gasteiger partial charge in [-0.05, 0) is 88.8 Å². The normalized spacial score (nSPS) is 20.0. The van der Waals surface area contributed by atoms with Crippen molar-refractivity contribution >= 4 is 33.2 Å². The Morgan fingerprint density at radius 3 is 2.42 bits per heavy atom. The zero-order valence-corrected chi connectivity index (χ0v) is 23.4. The highest BCUT2D eigenvalue weighted by Crippen LogP contribution is 2.37. The zero-order chi connectivity index (χ0) is 28.7. The molecule has 11 nitrogen and oxygen atoms in total. The third kappa shape index (κ3) is 5.96. The molecule has 212 valence electrons. The number of fused-ring (bicyclic) bond motifs is 1. The van der Waals surface area contributed by atoms with Crippen LogP contribution >= 0.6 is 0 Å². The second kappa shape index (κ2) is 10.6. The summed E-state index contributed by atoms with van der Waals surface area (Å²) in [5.74, 6) is 1.35. The lowest BCUT2D eigenvalue weighted by Gasteiger charge is -2.27. The van der Waals surface area contributed by atoms with Crippen LogP contribution in [0.1, 0.15) is 63.6 Å². The molecule has 5 rings (SSSR count). The number of nitro benzene ring substituents is 1. The molecule has 12 heteroatoms. The van der Waals surface area contributed by atoms with E-state index in [4.69, 9.17) is 14.6 Å². The van der Waals surface area contributed by atoms with Gasteiger partial charge < -0.3 is 14.8 Å². The van der Waals surface area contributed by atoms with E-state index in [1.165, 1.54) is 24.3 Å². The van der Waals surface area contributed by atoms with E-state index in [-0.39, 0.29) is 34.8 Å². The molecule has 0 radical (unpaired) electrons. The van der Waals surface area contributed by atoms with Crippen LogP contribution in [0.5, 0.6) is 5.75 Å². The van der Waals surface area contributed by atoms with Gasteiger partial charge in [0.25, 0.3) is 5.69 Å². The standard InChI is InChI=1S/C28H32N4O7S/c1-28(2,3)31-26(29-20-6-13-25-19(16-20)14-15-40(25,36)37)17-24(30-31)18-4-9-22(10-5-18)38-27(33)39-23-11-7-21(8-12-23)32(34)35/h6-8,11-13,16-18,22,29H,4-5,9-10,14-15H2,1-3H3. The Labute approximate surface area is 232 Å². The maximum Gasteiger partial charge on any atom is 0.514 e. The molecule has 0 saturated heterocycles.